The molecule has 3 aliphatic rings. The maximum absolute atomic E-state index is 14.0. The number of carbonyl (C=O) groups is 7. The number of nitrogens with one attached hydrogen (secondary N) is 3. The zero-order valence-electron chi connectivity index (χ0n) is 55.9. The monoisotopic (exact) mass is 1340 g/mol. The van der Waals surface area contributed by atoms with E-state index in [2.05, 4.69) is 27.8 Å². The maximum Gasteiger partial charge on any atom is 0.340 e. The molecule has 8 aromatic rings. The van der Waals surface area contributed by atoms with Gasteiger partial charge in [0.1, 0.15) is 58.5 Å². The van der Waals surface area contributed by atoms with E-state index in [0.29, 0.717) is 44.7 Å². The van der Waals surface area contributed by atoms with Crippen LogP contribution in [0, 0.1) is 32.8 Å². The lowest BCUT2D eigenvalue weighted by atomic mass is 9.77. The molecule has 1 spiro atoms. The summed E-state index contributed by atoms with van der Waals surface area (Å²) < 4.78 is 57.3. The summed E-state index contributed by atoms with van der Waals surface area (Å²) in [6.07, 6.45) is -1.46. The fraction of sp³-hybridized carbons (Fsp3) is 0.303. The molecule has 3 amide bonds. The van der Waals surface area contributed by atoms with Crippen LogP contribution in [-0.2, 0) is 54.1 Å². The average molecular weight is 1340 g/mol. The van der Waals surface area contributed by atoms with E-state index in [9.17, 15) is 43.7 Å². The number of fused-ring (bicyclic) bond motifs is 7. The van der Waals surface area contributed by atoms with Gasteiger partial charge < -0.3 is 63.1 Å². The van der Waals surface area contributed by atoms with Gasteiger partial charge in [-0.15, -0.1) is 0 Å². The first-order valence-corrected chi connectivity index (χ1v) is 32.0. The lowest BCUT2D eigenvalue weighted by Gasteiger charge is -2.37. The van der Waals surface area contributed by atoms with Crippen molar-refractivity contribution in [1.29, 1.82) is 0 Å². The Kier molecular flexibility index (Phi) is 19.8. The highest BCUT2D eigenvalue weighted by Crippen LogP contribution is 2.57. The molecule has 11 rings (SSSR count). The van der Waals surface area contributed by atoms with E-state index >= 15 is 0 Å². The van der Waals surface area contributed by atoms with Gasteiger partial charge in [0.15, 0.2) is 5.60 Å². The minimum atomic E-state index is -1.70. The number of esters is 4. The molecule has 3 atom stereocenters. The highest BCUT2D eigenvalue weighted by atomic mass is 16.6. The Morgan fingerprint density at radius 1 is 0.677 bits per heavy atom. The van der Waals surface area contributed by atoms with Crippen molar-refractivity contribution in [2.45, 2.75) is 96.9 Å². The molecule has 4 heterocycles. The Morgan fingerprint density at radius 3 is 1.85 bits per heavy atom. The standard InChI is InChI=1S/C76H73N5O18/c1-73(2,3)71(87)94-53-27-30-57-61(40-53)96-62-41-54(95-72(88)74(4,5)6)28-31-58(62)76(57)59-38-45(17-29-55(59)70(86)99-76)69(85)79-37-35-66(83)78-36-13-14-46-43-80(60-32-22-50(81(89)90)39-56(46)60)67-42-63(98-68(84)34-33-65(82)77-7)64(97-67)44-93-75(47-15-11-10-12-16-47,48-18-23-51(91-8)24-19-48)49-20-25-52(92-9)26-21-49/h10-12,15-32,38-41,43,63-64,67H,33-37,42,44H2,1-9H3,(H,77,82)(H,78,83)(H,79,85). The molecule has 1 fully saturated rings. The molecule has 1 saturated heterocycles. The number of hydrogen-bond donors (Lipinski definition) is 3. The van der Waals surface area contributed by atoms with Gasteiger partial charge in [0, 0.05) is 91.0 Å². The normalized spacial score (nSPS) is 15.7. The summed E-state index contributed by atoms with van der Waals surface area (Å²) in [5, 5.41) is 20.7. The number of nitro benzene ring substituents is 1. The smallest absolute Gasteiger partial charge is 0.340 e. The Morgan fingerprint density at radius 2 is 1.27 bits per heavy atom. The van der Waals surface area contributed by atoms with Crippen LogP contribution < -0.4 is 39.6 Å². The van der Waals surface area contributed by atoms with Crippen LogP contribution in [0.4, 0.5) is 5.69 Å². The third-order valence-corrected chi connectivity index (χ3v) is 17.2. The van der Waals surface area contributed by atoms with Crippen molar-refractivity contribution in [3.05, 3.63) is 218 Å². The van der Waals surface area contributed by atoms with E-state index in [4.69, 9.17) is 42.6 Å². The molecule has 3 aliphatic heterocycles. The predicted octanol–water partition coefficient (Wildman–Crippen LogP) is 11.1. The molecule has 99 heavy (non-hydrogen) atoms. The van der Waals surface area contributed by atoms with Crippen molar-refractivity contribution in [2.75, 3.05) is 41.0 Å². The molecule has 0 aliphatic carbocycles. The molecule has 510 valence electrons. The number of carbonyl (C=O) groups excluding carboxylic acids is 7. The number of ether oxygens (including phenoxy) is 9. The van der Waals surface area contributed by atoms with Gasteiger partial charge in [-0.05, 0) is 131 Å². The van der Waals surface area contributed by atoms with Crippen molar-refractivity contribution in [1.82, 2.24) is 20.5 Å². The fourth-order valence-corrected chi connectivity index (χ4v) is 11.9. The lowest BCUT2D eigenvalue weighted by Crippen LogP contribution is -2.39. The number of methoxy groups -OCH3 is 2. The van der Waals surface area contributed by atoms with Gasteiger partial charge in [-0.3, -0.25) is 38.9 Å². The molecular formula is C76H73N5O18. The van der Waals surface area contributed by atoms with Gasteiger partial charge in [0.05, 0.1) is 66.2 Å². The first kappa shape index (κ1) is 69.0. The summed E-state index contributed by atoms with van der Waals surface area (Å²) >= 11 is 0. The molecule has 3 N–H and O–H groups in total. The number of nitro groups is 1. The minimum Gasteiger partial charge on any atom is -0.497 e. The summed E-state index contributed by atoms with van der Waals surface area (Å²) in [5.74, 6) is 4.12. The molecular weight excluding hydrogens is 1270 g/mol. The molecule has 3 unspecified atom stereocenters. The number of nitrogens with zero attached hydrogens (tertiary/aromatic N) is 2. The second-order valence-electron chi connectivity index (χ2n) is 25.9. The number of rotatable bonds is 21. The second kappa shape index (κ2) is 28.4. The first-order valence-electron chi connectivity index (χ1n) is 32.0. The number of aromatic nitrogens is 1. The third-order valence-electron chi connectivity index (χ3n) is 17.2. The van der Waals surface area contributed by atoms with Crippen LogP contribution in [0.15, 0.2) is 158 Å². The van der Waals surface area contributed by atoms with Crippen LogP contribution in [0.2, 0.25) is 0 Å². The second-order valence-corrected chi connectivity index (χ2v) is 25.9. The molecule has 0 saturated carbocycles. The van der Waals surface area contributed by atoms with Crippen LogP contribution in [-0.4, -0.2) is 104 Å². The molecule has 0 radical (unpaired) electrons. The van der Waals surface area contributed by atoms with Crippen molar-refractivity contribution in [3.63, 3.8) is 0 Å². The highest BCUT2D eigenvalue weighted by molar-refractivity contribution is 6.01. The summed E-state index contributed by atoms with van der Waals surface area (Å²) in [6, 6.07) is 42.7. The van der Waals surface area contributed by atoms with Gasteiger partial charge in [-0.1, -0.05) is 66.4 Å². The van der Waals surface area contributed by atoms with E-state index < -0.39 is 81.1 Å². The first-order chi connectivity index (χ1) is 47.3. The van der Waals surface area contributed by atoms with Gasteiger partial charge in [-0.2, -0.15) is 0 Å². The largest absolute Gasteiger partial charge is 0.497 e. The summed E-state index contributed by atoms with van der Waals surface area (Å²) in [5.41, 5.74) is -0.513. The van der Waals surface area contributed by atoms with E-state index in [0.717, 1.165) is 16.7 Å². The van der Waals surface area contributed by atoms with Gasteiger partial charge in [-0.25, -0.2) is 4.79 Å². The van der Waals surface area contributed by atoms with Crippen molar-refractivity contribution in [2.24, 2.45) is 10.8 Å². The van der Waals surface area contributed by atoms with Crippen molar-refractivity contribution in [3.8, 4) is 46.3 Å². The van der Waals surface area contributed by atoms with Crippen LogP contribution in [0.5, 0.6) is 34.5 Å². The third kappa shape index (κ3) is 14.4. The van der Waals surface area contributed by atoms with Crippen LogP contribution in [0.1, 0.15) is 133 Å². The molecule has 1 aromatic heterocycles. The Hall–Kier alpha value is -11.4. The summed E-state index contributed by atoms with van der Waals surface area (Å²) in [7, 11) is 4.63. The fourth-order valence-electron chi connectivity index (χ4n) is 11.9. The lowest BCUT2D eigenvalue weighted by molar-refractivity contribution is -0.384. The van der Waals surface area contributed by atoms with Crippen LogP contribution in [0.3, 0.4) is 0 Å². The zero-order chi connectivity index (χ0) is 70.6. The number of amides is 3. The SMILES string of the molecule is CNC(=O)CCC(=O)OC1CC(n2cc(C#CCNC(=O)CCNC(=O)c3ccc4c(c3)C3(OC4=O)c4ccc(OC(=O)C(C)(C)C)cc4Oc4cc(OC(=O)C(C)(C)C)ccc43)c3cc([N+](=O)[O-])ccc32)OC1COC(c1ccccc1)(c1ccc(OC)cc1)c1ccc(OC)cc1. The Bertz CT molecular complexity index is 4410. The van der Waals surface area contributed by atoms with E-state index in [1.54, 1.807) is 96.9 Å². The Labute approximate surface area is 570 Å². The number of benzene rings is 7. The number of non-ortho nitro benzene ring substituents is 1. The highest BCUT2D eigenvalue weighted by Gasteiger charge is 2.54. The van der Waals surface area contributed by atoms with E-state index in [1.807, 2.05) is 78.9 Å². The zero-order valence-corrected chi connectivity index (χ0v) is 55.9. The topological polar surface area (TPSA) is 287 Å². The van der Waals surface area contributed by atoms with Gasteiger partial charge >= 0.3 is 23.9 Å². The molecule has 23 nitrogen and oxygen atoms in total. The van der Waals surface area contributed by atoms with E-state index in [-0.39, 0.29) is 91.1 Å². The van der Waals surface area contributed by atoms with Crippen molar-refractivity contribution >= 4 is 58.2 Å². The predicted molar refractivity (Wildman–Crippen MR) is 360 cm³/mol. The summed E-state index contributed by atoms with van der Waals surface area (Å²) in [4.78, 5) is 105. The van der Waals surface area contributed by atoms with Gasteiger partial charge in [0.25, 0.3) is 11.6 Å². The maximum atomic E-state index is 14.0. The van der Waals surface area contributed by atoms with Crippen LogP contribution in [0.25, 0.3) is 10.9 Å². The Balaban J connectivity index is 0.812. The molecule has 0 bridgehead atoms. The summed E-state index contributed by atoms with van der Waals surface area (Å²) in [6.45, 7) is 9.84. The van der Waals surface area contributed by atoms with Crippen molar-refractivity contribution < 1.29 is 81.1 Å². The number of hydrogen-bond acceptors (Lipinski definition) is 18. The minimum absolute atomic E-state index is 0.0863. The molecule has 23 heteroatoms. The molecule has 7 aromatic carbocycles. The quantitative estimate of drug-likeness (QED) is 0.0150. The van der Waals surface area contributed by atoms with E-state index in [1.165, 1.54) is 49.5 Å². The van der Waals surface area contributed by atoms with Gasteiger partial charge in [0.2, 0.25) is 11.8 Å². The van der Waals surface area contributed by atoms with Crippen LogP contribution >= 0.6 is 0 Å². The average Bonchev–Trinajstić information content (AvgIpc) is 1.61.